The summed E-state index contributed by atoms with van der Waals surface area (Å²) in [6, 6.07) is 7.46. The zero-order valence-electron chi connectivity index (χ0n) is 22.7. The SMILES string of the molecule is CC(C)Oc1ccc(CN2C(=O)[C@@H](N)CS(=O)(=O)c3cc(F)c(-c4noc(C5CN(C)CC(F)(F)C5)n4)cc32)cc1. The Morgan fingerprint density at radius 3 is 2.59 bits per heavy atom. The highest BCUT2D eigenvalue weighted by Gasteiger charge is 2.42. The van der Waals surface area contributed by atoms with Crippen molar-refractivity contribution in [2.45, 2.75) is 55.7 Å². The highest BCUT2D eigenvalue weighted by molar-refractivity contribution is 7.91. The van der Waals surface area contributed by atoms with Crippen LogP contribution in [0.2, 0.25) is 0 Å². The summed E-state index contributed by atoms with van der Waals surface area (Å²) < 4.78 is 80.9. The van der Waals surface area contributed by atoms with Gasteiger partial charge in [0.25, 0.3) is 5.92 Å². The Morgan fingerprint density at radius 2 is 1.93 bits per heavy atom. The molecule has 1 amide bonds. The van der Waals surface area contributed by atoms with Crippen molar-refractivity contribution in [3.8, 4) is 17.1 Å². The smallest absolute Gasteiger partial charge is 0.261 e. The Bertz CT molecular complexity index is 1560. The van der Waals surface area contributed by atoms with Gasteiger partial charge in [-0.2, -0.15) is 4.98 Å². The van der Waals surface area contributed by atoms with Crippen molar-refractivity contribution < 1.29 is 35.6 Å². The van der Waals surface area contributed by atoms with Crippen molar-refractivity contribution in [2.75, 3.05) is 30.8 Å². The molecule has 0 saturated carbocycles. The minimum atomic E-state index is -4.16. The maximum atomic E-state index is 15.4. The zero-order valence-corrected chi connectivity index (χ0v) is 23.5. The van der Waals surface area contributed by atoms with E-state index in [-0.39, 0.29) is 42.2 Å². The topological polar surface area (TPSA) is 132 Å². The molecule has 0 spiro atoms. The third-order valence-corrected chi connectivity index (χ3v) is 8.70. The number of halogens is 3. The molecule has 5 rings (SSSR count). The number of nitrogens with zero attached hydrogens (tertiary/aromatic N) is 4. The first-order chi connectivity index (χ1) is 19.2. The Morgan fingerprint density at radius 1 is 1.22 bits per heavy atom. The Kier molecular flexibility index (Phi) is 7.59. The van der Waals surface area contributed by atoms with Gasteiger partial charge in [-0.3, -0.25) is 9.69 Å². The predicted molar refractivity (Wildman–Crippen MR) is 143 cm³/mol. The molecule has 2 atom stereocenters. The highest BCUT2D eigenvalue weighted by Crippen LogP contribution is 2.39. The van der Waals surface area contributed by atoms with Gasteiger partial charge in [0.1, 0.15) is 11.6 Å². The lowest BCUT2D eigenvalue weighted by Gasteiger charge is -2.33. The molecule has 3 aromatic rings. The van der Waals surface area contributed by atoms with Gasteiger partial charge in [-0.05, 0) is 50.7 Å². The molecule has 10 nitrogen and oxygen atoms in total. The molecular weight excluding hydrogens is 563 g/mol. The number of hydrogen-bond acceptors (Lipinski definition) is 9. The Hall–Kier alpha value is -3.49. The molecule has 14 heteroatoms. The molecule has 0 aliphatic carbocycles. The zero-order chi connectivity index (χ0) is 29.7. The first-order valence-electron chi connectivity index (χ1n) is 13.0. The number of amides is 1. The molecule has 2 N–H and O–H groups in total. The van der Waals surface area contributed by atoms with Crippen molar-refractivity contribution in [1.29, 1.82) is 0 Å². The number of ether oxygens (including phenoxy) is 1. The second-order valence-electron chi connectivity index (χ2n) is 10.8. The fourth-order valence-corrected chi connectivity index (χ4v) is 6.75. The largest absolute Gasteiger partial charge is 0.491 e. The molecule has 0 bridgehead atoms. The summed E-state index contributed by atoms with van der Waals surface area (Å²) in [6.45, 7) is 3.54. The standard InChI is InChI=1S/C27H30F3N5O5S/c1-15(2)39-18-6-4-16(5-7-18)11-35-22-8-19(20(28)9-23(22)41(37,38)13-21(31)26(35)36)24-32-25(40-33-24)17-10-27(29,30)14-34(3)12-17/h4-9,15,17,21H,10-14,31H2,1-3H3/t17?,21-/m0/s1. The van der Waals surface area contributed by atoms with Crippen LogP contribution in [-0.4, -0.2) is 73.3 Å². The number of likely N-dealkylation sites (tertiary alicyclic amines) is 1. The number of carbonyl (C=O) groups is 1. The van der Waals surface area contributed by atoms with Gasteiger partial charge in [-0.1, -0.05) is 17.3 Å². The molecule has 1 unspecified atom stereocenters. The van der Waals surface area contributed by atoms with Crippen LogP contribution in [0.1, 0.15) is 37.6 Å². The minimum absolute atomic E-state index is 0.0439. The van der Waals surface area contributed by atoms with E-state index in [4.69, 9.17) is 15.0 Å². The number of benzene rings is 2. The number of alkyl halides is 2. The number of piperidine rings is 1. The number of carbonyl (C=O) groups excluding carboxylic acids is 1. The maximum absolute atomic E-state index is 15.4. The average molecular weight is 594 g/mol. The van der Waals surface area contributed by atoms with Gasteiger partial charge in [0, 0.05) is 13.0 Å². The lowest BCUT2D eigenvalue weighted by atomic mass is 9.95. The predicted octanol–water partition coefficient (Wildman–Crippen LogP) is 3.37. The quantitative estimate of drug-likeness (QED) is 0.457. The van der Waals surface area contributed by atoms with Gasteiger partial charge in [0.15, 0.2) is 9.84 Å². The van der Waals surface area contributed by atoms with Crippen molar-refractivity contribution in [1.82, 2.24) is 15.0 Å². The van der Waals surface area contributed by atoms with Crippen molar-refractivity contribution in [2.24, 2.45) is 5.73 Å². The van der Waals surface area contributed by atoms with Gasteiger partial charge >= 0.3 is 0 Å². The fraction of sp³-hybridized carbons (Fsp3) is 0.444. The molecule has 1 fully saturated rings. The maximum Gasteiger partial charge on any atom is 0.261 e. The molecule has 2 aliphatic rings. The molecular formula is C27H30F3N5O5S. The van der Waals surface area contributed by atoms with Gasteiger partial charge in [-0.25, -0.2) is 21.6 Å². The van der Waals surface area contributed by atoms with E-state index in [1.165, 1.54) is 9.80 Å². The summed E-state index contributed by atoms with van der Waals surface area (Å²) in [4.78, 5) is 19.7. The van der Waals surface area contributed by atoms with Gasteiger partial charge in [0.05, 0.1) is 53.1 Å². The summed E-state index contributed by atoms with van der Waals surface area (Å²) in [5.41, 5.74) is 6.26. The van der Waals surface area contributed by atoms with Crippen LogP contribution in [0.15, 0.2) is 45.8 Å². The van der Waals surface area contributed by atoms with Crippen LogP contribution >= 0.6 is 0 Å². The van der Waals surface area contributed by atoms with E-state index in [1.807, 2.05) is 13.8 Å². The van der Waals surface area contributed by atoms with E-state index in [1.54, 1.807) is 31.3 Å². The normalized spacial score (nSPS) is 22.4. The van der Waals surface area contributed by atoms with Crippen LogP contribution < -0.4 is 15.4 Å². The summed E-state index contributed by atoms with van der Waals surface area (Å²) in [5.74, 6) is -5.84. The number of hydrogen-bond donors (Lipinski definition) is 1. The van der Waals surface area contributed by atoms with Crippen LogP contribution in [-0.2, 0) is 21.2 Å². The van der Waals surface area contributed by atoms with Crippen molar-refractivity contribution in [3.63, 3.8) is 0 Å². The van der Waals surface area contributed by atoms with Crippen LogP contribution in [0.4, 0.5) is 18.9 Å². The lowest BCUT2D eigenvalue weighted by Crippen LogP contribution is -2.45. The van der Waals surface area contributed by atoms with Gasteiger partial charge in [0.2, 0.25) is 17.6 Å². The van der Waals surface area contributed by atoms with E-state index in [0.29, 0.717) is 11.3 Å². The van der Waals surface area contributed by atoms with E-state index in [9.17, 15) is 22.0 Å². The van der Waals surface area contributed by atoms with Crippen molar-refractivity contribution in [3.05, 3.63) is 53.7 Å². The minimum Gasteiger partial charge on any atom is -0.491 e. The first-order valence-corrected chi connectivity index (χ1v) is 14.7. The van der Waals surface area contributed by atoms with Crippen LogP contribution in [0.5, 0.6) is 5.75 Å². The Labute approximate surface area is 235 Å². The molecule has 0 radical (unpaired) electrons. The van der Waals surface area contributed by atoms with Gasteiger partial charge < -0.3 is 19.9 Å². The van der Waals surface area contributed by atoms with E-state index in [0.717, 1.165) is 12.1 Å². The monoisotopic (exact) mass is 593 g/mol. The second kappa shape index (κ2) is 10.7. The van der Waals surface area contributed by atoms with Crippen molar-refractivity contribution >= 4 is 21.4 Å². The fourth-order valence-electron chi connectivity index (χ4n) is 5.18. The number of nitrogens with two attached hydrogens (primary N) is 1. The van der Waals surface area contributed by atoms with E-state index >= 15 is 4.39 Å². The number of anilines is 1. The number of sulfone groups is 1. The third-order valence-electron chi connectivity index (χ3n) is 6.90. The Balaban J connectivity index is 1.54. The van der Waals surface area contributed by atoms with E-state index in [2.05, 4.69) is 10.1 Å². The molecule has 41 heavy (non-hydrogen) atoms. The van der Waals surface area contributed by atoms with E-state index < -0.39 is 63.1 Å². The van der Waals surface area contributed by atoms with Crippen LogP contribution in [0, 0.1) is 5.82 Å². The third kappa shape index (κ3) is 6.09. The second-order valence-corrected chi connectivity index (χ2v) is 12.8. The molecule has 1 aromatic heterocycles. The summed E-state index contributed by atoms with van der Waals surface area (Å²) in [5, 5.41) is 3.80. The molecule has 1 saturated heterocycles. The first kappa shape index (κ1) is 29.0. The number of aromatic nitrogens is 2. The summed E-state index contributed by atoms with van der Waals surface area (Å²) in [7, 11) is -2.61. The molecule has 2 aromatic carbocycles. The highest BCUT2D eigenvalue weighted by atomic mass is 32.2. The summed E-state index contributed by atoms with van der Waals surface area (Å²) in [6.07, 6.45) is -0.553. The average Bonchev–Trinajstić information content (AvgIpc) is 3.34. The molecule has 3 heterocycles. The number of fused-ring (bicyclic) bond motifs is 1. The number of rotatable bonds is 6. The molecule has 220 valence electrons. The van der Waals surface area contributed by atoms with Gasteiger partial charge in [-0.15, -0.1) is 0 Å². The van der Waals surface area contributed by atoms with Crippen LogP contribution in [0.3, 0.4) is 0 Å². The summed E-state index contributed by atoms with van der Waals surface area (Å²) >= 11 is 0. The number of likely N-dealkylation sites (N-methyl/N-ethyl adjacent to an activating group) is 1. The van der Waals surface area contributed by atoms with Crippen LogP contribution in [0.25, 0.3) is 11.4 Å². The lowest BCUT2D eigenvalue weighted by molar-refractivity contribution is -0.119. The molecule has 2 aliphatic heterocycles.